The van der Waals surface area contributed by atoms with Gasteiger partial charge in [0.2, 0.25) is 22.9 Å². The summed E-state index contributed by atoms with van der Waals surface area (Å²) in [6.45, 7) is 1.56. The fraction of sp³-hybridized carbons (Fsp3) is 0.424. The Labute approximate surface area is 292 Å². The minimum Gasteiger partial charge on any atom is -0.399 e. The van der Waals surface area contributed by atoms with Crippen molar-refractivity contribution in [2.75, 3.05) is 42.2 Å². The normalized spacial score (nSPS) is 23.2. The van der Waals surface area contributed by atoms with Crippen molar-refractivity contribution in [2.45, 2.75) is 69.6 Å². The molecule has 0 aliphatic carbocycles. The summed E-state index contributed by atoms with van der Waals surface area (Å²) in [5.41, 5.74) is 22.3. The number of phosphoric ester groups is 1. The maximum atomic E-state index is 12.7. The number of carbonyl (C=O) groups excluding carboxylic acids is 1. The van der Waals surface area contributed by atoms with Gasteiger partial charge in [-0.2, -0.15) is 4.57 Å². The summed E-state index contributed by atoms with van der Waals surface area (Å²) in [5, 5.41) is 19.5. The van der Waals surface area contributed by atoms with Gasteiger partial charge in [0.1, 0.15) is 31.2 Å². The number of carbonyl (C=O) groups is 1. The molecule has 5 aromatic rings. The summed E-state index contributed by atoms with van der Waals surface area (Å²) < 4.78 is 31.7. The van der Waals surface area contributed by atoms with E-state index in [9.17, 15) is 19.4 Å². The number of amides is 1. The van der Waals surface area contributed by atoms with Crippen molar-refractivity contribution >= 4 is 69.8 Å². The van der Waals surface area contributed by atoms with Crippen LogP contribution >= 0.6 is 7.82 Å². The van der Waals surface area contributed by atoms with Crippen LogP contribution in [0.4, 0.5) is 23.1 Å². The number of pyridine rings is 1. The average Bonchev–Trinajstić information content (AvgIpc) is 3.62. The van der Waals surface area contributed by atoms with Crippen molar-refractivity contribution < 1.29 is 37.7 Å². The summed E-state index contributed by atoms with van der Waals surface area (Å²) in [7, 11) is -4.30. The number of nitrogen functional groups attached to an aromatic ring is 3. The Morgan fingerprint density at radius 3 is 2.41 bits per heavy atom. The average molecular weight is 722 g/mol. The number of hydrogen-bond donors (Lipinski definition) is 7. The molecule has 0 bridgehead atoms. The molecule has 51 heavy (non-hydrogen) atoms. The molecule has 0 spiro atoms. The fourth-order valence-corrected chi connectivity index (χ4v) is 7.69. The number of hydrogen-bond acceptors (Lipinski definition) is 13. The molecule has 2 aliphatic heterocycles. The third-order valence-corrected chi connectivity index (χ3v) is 10.2. The van der Waals surface area contributed by atoms with Gasteiger partial charge in [-0.05, 0) is 43.2 Å². The van der Waals surface area contributed by atoms with Crippen LogP contribution in [0.5, 0.6) is 0 Å². The predicted octanol–water partition coefficient (Wildman–Crippen LogP) is 2.51. The quantitative estimate of drug-likeness (QED) is 0.0303. The standard InChI is InChI=1S/C33H41N10O7P/c34-21-9-7-19-14-20-8-10-22(35)16-24(20)42(23(19)15-21)13-5-6-26(44)37-11-3-1-2-4-12-38-33-41-27-30(36)39-18-40-31(27)43(33)32-28(45)29-25(49-32)17-48-51(46,47)50-29/h7-10,14-16,18,25,28-29,32,45H,1-6,11-13,17H2,(H8,34,35,36,37,38,39,40,41,44,46,47)/p+1/t25-,28-,29-,32-/m1/s1. The summed E-state index contributed by atoms with van der Waals surface area (Å²) in [4.78, 5) is 35.3. The number of benzene rings is 2. The van der Waals surface area contributed by atoms with Gasteiger partial charge in [0, 0.05) is 60.2 Å². The zero-order valence-corrected chi connectivity index (χ0v) is 28.7. The molecular formula is C33H42N10O7P+. The number of phosphoric acid groups is 1. The maximum absolute atomic E-state index is 12.7. The number of nitrogens with two attached hydrogens (primary N) is 3. The highest BCUT2D eigenvalue weighted by Crippen LogP contribution is 2.53. The molecule has 0 radical (unpaired) electrons. The summed E-state index contributed by atoms with van der Waals surface area (Å²) in [6.07, 6.45) is 1.59. The van der Waals surface area contributed by atoms with Gasteiger partial charge in [-0.3, -0.25) is 18.4 Å². The van der Waals surface area contributed by atoms with E-state index in [-0.39, 0.29) is 18.3 Å². The minimum absolute atomic E-state index is 0.0111. The van der Waals surface area contributed by atoms with Gasteiger partial charge in [-0.1, -0.05) is 12.8 Å². The maximum Gasteiger partial charge on any atom is 0.472 e. The van der Waals surface area contributed by atoms with Crippen LogP contribution < -0.4 is 32.4 Å². The Kier molecular flexibility index (Phi) is 9.92. The van der Waals surface area contributed by atoms with Gasteiger partial charge in [-0.15, -0.1) is 0 Å². The van der Waals surface area contributed by atoms with Gasteiger partial charge in [0.15, 0.2) is 23.2 Å². The molecule has 10 N–H and O–H groups in total. The molecule has 3 aromatic heterocycles. The number of unbranched alkanes of at least 4 members (excludes halogenated alkanes) is 3. The minimum atomic E-state index is -4.30. The molecule has 2 aliphatic rings. The molecule has 0 saturated carbocycles. The SMILES string of the molecule is Nc1ccc2cc3ccc(N)cc3[n+](CCCC(=O)NCCCCCCNc3nc4c(N)ncnc4n3[C@@H]3O[C@@H]4COP(=O)(O)O[C@H]4[C@H]3O)c2c1. The summed E-state index contributed by atoms with van der Waals surface area (Å²) in [5.74, 6) is 0.517. The molecule has 1 unspecified atom stereocenters. The van der Waals surface area contributed by atoms with Crippen LogP contribution in [-0.4, -0.2) is 73.4 Å². The van der Waals surface area contributed by atoms with Crippen LogP contribution in [0.25, 0.3) is 33.0 Å². The van der Waals surface area contributed by atoms with Gasteiger partial charge < -0.3 is 42.6 Å². The highest BCUT2D eigenvalue weighted by molar-refractivity contribution is 7.47. The number of ether oxygens (including phenoxy) is 1. The number of rotatable bonds is 13. The van der Waals surface area contributed by atoms with E-state index >= 15 is 0 Å². The van der Waals surface area contributed by atoms with E-state index in [4.69, 9.17) is 31.0 Å². The molecule has 270 valence electrons. The van der Waals surface area contributed by atoms with Crippen LogP contribution in [0.3, 0.4) is 0 Å². The molecule has 5 heterocycles. The molecule has 2 aromatic carbocycles. The third kappa shape index (κ3) is 7.40. The van der Waals surface area contributed by atoms with Gasteiger partial charge in [0.25, 0.3) is 0 Å². The Balaban J connectivity index is 0.870. The number of imidazole rings is 1. The van der Waals surface area contributed by atoms with Crippen LogP contribution in [0.2, 0.25) is 0 Å². The first-order valence-corrected chi connectivity index (χ1v) is 18.5. The first kappa shape index (κ1) is 34.8. The number of aliphatic hydroxyl groups excluding tert-OH is 1. The monoisotopic (exact) mass is 721 g/mol. The Morgan fingerprint density at radius 2 is 1.69 bits per heavy atom. The predicted molar refractivity (Wildman–Crippen MR) is 190 cm³/mol. The molecule has 2 saturated heterocycles. The number of aliphatic hydroxyl groups is 1. The van der Waals surface area contributed by atoms with Crippen molar-refractivity contribution in [1.82, 2.24) is 24.8 Å². The van der Waals surface area contributed by atoms with Crippen LogP contribution in [-0.2, 0) is 29.7 Å². The van der Waals surface area contributed by atoms with Crippen molar-refractivity contribution in [2.24, 2.45) is 0 Å². The molecule has 1 amide bonds. The van der Waals surface area contributed by atoms with Crippen molar-refractivity contribution in [3.05, 3.63) is 48.8 Å². The van der Waals surface area contributed by atoms with Gasteiger partial charge in [0.05, 0.1) is 6.61 Å². The summed E-state index contributed by atoms with van der Waals surface area (Å²) in [6, 6.07) is 13.8. The Morgan fingerprint density at radius 1 is 0.980 bits per heavy atom. The lowest BCUT2D eigenvalue weighted by atomic mass is 10.1. The second-order valence-electron chi connectivity index (χ2n) is 12.9. The van der Waals surface area contributed by atoms with E-state index in [2.05, 4.69) is 36.2 Å². The first-order valence-electron chi connectivity index (χ1n) is 17.0. The zero-order valence-electron chi connectivity index (χ0n) is 27.9. The largest absolute Gasteiger partial charge is 0.472 e. The van der Waals surface area contributed by atoms with E-state index < -0.39 is 32.4 Å². The highest BCUT2D eigenvalue weighted by atomic mass is 31.2. The smallest absolute Gasteiger partial charge is 0.399 e. The van der Waals surface area contributed by atoms with E-state index in [1.54, 1.807) is 4.57 Å². The van der Waals surface area contributed by atoms with Crippen molar-refractivity contribution in [3.63, 3.8) is 0 Å². The molecule has 17 nitrogen and oxygen atoms in total. The lowest BCUT2D eigenvalue weighted by molar-refractivity contribution is -0.645. The van der Waals surface area contributed by atoms with Gasteiger partial charge >= 0.3 is 7.82 Å². The summed E-state index contributed by atoms with van der Waals surface area (Å²) >= 11 is 0. The van der Waals surface area contributed by atoms with E-state index in [0.717, 1.165) is 47.5 Å². The highest BCUT2D eigenvalue weighted by Gasteiger charge is 2.53. The lowest BCUT2D eigenvalue weighted by Crippen LogP contribution is -2.39. The molecule has 18 heteroatoms. The van der Waals surface area contributed by atoms with Crippen LogP contribution in [0, 0.1) is 0 Å². The van der Waals surface area contributed by atoms with E-state index in [0.29, 0.717) is 61.0 Å². The molecule has 7 rings (SSSR count). The van der Waals surface area contributed by atoms with E-state index in [1.165, 1.54) is 6.33 Å². The van der Waals surface area contributed by atoms with Crippen molar-refractivity contribution in [3.8, 4) is 0 Å². The van der Waals surface area contributed by atoms with Crippen LogP contribution in [0.1, 0.15) is 44.8 Å². The zero-order chi connectivity index (χ0) is 35.7. The third-order valence-electron chi connectivity index (χ3n) is 9.22. The topological polar surface area (TPSA) is 252 Å². The number of aromatic nitrogens is 5. The fourth-order valence-electron chi connectivity index (χ4n) is 6.73. The lowest BCUT2D eigenvalue weighted by Gasteiger charge is -2.27. The molecular weight excluding hydrogens is 679 g/mol. The Bertz CT molecular complexity index is 2070. The molecule has 5 atom stereocenters. The second-order valence-corrected chi connectivity index (χ2v) is 14.3. The number of nitrogens with zero attached hydrogens (tertiary/aromatic N) is 5. The number of anilines is 4. The number of fused-ring (bicyclic) bond motifs is 4. The van der Waals surface area contributed by atoms with Crippen LogP contribution in [0.15, 0.2) is 48.8 Å². The second kappa shape index (κ2) is 14.5. The van der Waals surface area contributed by atoms with Gasteiger partial charge in [-0.25, -0.2) is 19.5 Å². The first-order chi connectivity index (χ1) is 24.6. The number of aryl methyl sites for hydroxylation is 1. The van der Waals surface area contributed by atoms with E-state index in [1.807, 2.05) is 36.4 Å². The Hall–Kier alpha value is -4.64. The number of nitrogens with one attached hydrogen (secondary N) is 2. The molecule has 2 fully saturated rings. The van der Waals surface area contributed by atoms with Crippen molar-refractivity contribution in [1.29, 1.82) is 0 Å².